The lowest BCUT2D eigenvalue weighted by molar-refractivity contribution is 0.687. The maximum absolute atomic E-state index is 4.29. The molecule has 2 heterocycles. The van der Waals surface area contributed by atoms with Crippen LogP contribution in [0.5, 0.6) is 0 Å². The highest BCUT2D eigenvalue weighted by atomic mass is 32.1. The molecule has 2 rings (SSSR count). The zero-order chi connectivity index (χ0) is 9.80. The van der Waals surface area contributed by atoms with Crippen LogP contribution in [-0.2, 0) is 13.1 Å². The van der Waals surface area contributed by atoms with Crippen molar-refractivity contribution >= 4 is 11.3 Å². The Morgan fingerprint density at radius 2 is 2.43 bits per heavy atom. The number of nitrogens with zero attached hydrogens (tertiary/aromatic N) is 2. The number of hydrogen-bond acceptors (Lipinski definition) is 3. The summed E-state index contributed by atoms with van der Waals surface area (Å²) in [5, 5.41) is 11.6. The predicted molar refractivity (Wildman–Crippen MR) is 58.4 cm³/mol. The molecule has 0 aromatic carbocycles. The fraction of sp³-hybridized carbons (Fsp3) is 0.300. The molecule has 3 nitrogen and oxygen atoms in total. The summed E-state index contributed by atoms with van der Waals surface area (Å²) in [6.07, 6.45) is 3.98. The van der Waals surface area contributed by atoms with Gasteiger partial charge >= 0.3 is 0 Å². The summed E-state index contributed by atoms with van der Waals surface area (Å²) in [6.45, 7) is 1.75. The van der Waals surface area contributed by atoms with E-state index in [1.165, 1.54) is 11.1 Å². The molecule has 0 atom stereocenters. The van der Waals surface area contributed by atoms with Crippen LogP contribution in [0.2, 0.25) is 0 Å². The third kappa shape index (κ3) is 2.21. The van der Waals surface area contributed by atoms with E-state index in [1.54, 1.807) is 11.3 Å². The van der Waals surface area contributed by atoms with Crippen LogP contribution in [0, 0.1) is 0 Å². The minimum atomic E-state index is 0.868. The van der Waals surface area contributed by atoms with Crippen molar-refractivity contribution in [2.75, 3.05) is 7.05 Å². The molecule has 0 saturated heterocycles. The van der Waals surface area contributed by atoms with Gasteiger partial charge in [0.2, 0.25) is 0 Å². The van der Waals surface area contributed by atoms with Gasteiger partial charge in [0.25, 0.3) is 0 Å². The third-order valence-corrected chi connectivity index (χ3v) is 2.72. The van der Waals surface area contributed by atoms with Gasteiger partial charge in [-0.2, -0.15) is 16.4 Å². The van der Waals surface area contributed by atoms with Crippen LogP contribution in [0.25, 0.3) is 0 Å². The fourth-order valence-electron chi connectivity index (χ4n) is 1.36. The lowest BCUT2D eigenvalue weighted by atomic mass is 10.3. The Kier molecular flexibility index (Phi) is 2.96. The average Bonchev–Trinajstić information content (AvgIpc) is 2.79. The van der Waals surface area contributed by atoms with E-state index in [9.17, 15) is 0 Å². The van der Waals surface area contributed by atoms with E-state index in [0.717, 1.165) is 13.1 Å². The highest BCUT2D eigenvalue weighted by molar-refractivity contribution is 7.07. The van der Waals surface area contributed by atoms with Crippen LogP contribution in [0.4, 0.5) is 0 Å². The van der Waals surface area contributed by atoms with Crippen molar-refractivity contribution in [3.63, 3.8) is 0 Å². The minimum Gasteiger partial charge on any atom is -0.316 e. The van der Waals surface area contributed by atoms with E-state index in [-0.39, 0.29) is 0 Å². The van der Waals surface area contributed by atoms with Crippen LogP contribution in [0.1, 0.15) is 11.1 Å². The smallest absolute Gasteiger partial charge is 0.0667 e. The number of hydrogen-bond donors (Lipinski definition) is 1. The van der Waals surface area contributed by atoms with E-state index in [1.807, 2.05) is 17.9 Å². The maximum Gasteiger partial charge on any atom is 0.0667 e. The maximum atomic E-state index is 4.29. The van der Waals surface area contributed by atoms with Crippen LogP contribution in [0.3, 0.4) is 0 Å². The second-order valence-corrected chi connectivity index (χ2v) is 3.99. The lowest BCUT2D eigenvalue weighted by Crippen LogP contribution is -2.04. The fourth-order valence-corrected chi connectivity index (χ4v) is 2.02. The van der Waals surface area contributed by atoms with Crippen molar-refractivity contribution in [2.45, 2.75) is 13.1 Å². The number of rotatable bonds is 4. The SMILES string of the molecule is CNCc1cnn(Cc2ccsc2)c1. The Labute approximate surface area is 87.4 Å². The molecule has 0 radical (unpaired) electrons. The van der Waals surface area contributed by atoms with Gasteiger partial charge in [0, 0.05) is 18.3 Å². The molecule has 0 fully saturated rings. The summed E-state index contributed by atoms with van der Waals surface area (Å²) in [4.78, 5) is 0. The van der Waals surface area contributed by atoms with Crippen LogP contribution in [0.15, 0.2) is 29.2 Å². The molecule has 0 bridgehead atoms. The first-order chi connectivity index (χ1) is 6.88. The summed E-state index contributed by atoms with van der Waals surface area (Å²) >= 11 is 1.72. The molecule has 0 unspecified atom stereocenters. The number of nitrogens with one attached hydrogen (secondary N) is 1. The van der Waals surface area contributed by atoms with E-state index in [0.29, 0.717) is 0 Å². The van der Waals surface area contributed by atoms with Crippen molar-refractivity contribution in [3.05, 3.63) is 40.3 Å². The van der Waals surface area contributed by atoms with Gasteiger partial charge in [-0.3, -0.25) is 4.68 Å². The monoisotopic (exact) mass is 207 g/mol. The molecular weight excluding hydrogens is 194 g/mol. The molecule has 4 heteroatoms. The summed E-state index contributed by atoms with van der Waals surface area (Å²) in [7, 11) is 1.94. The first-order valence-corrected chi connectivity index (χ1v) is 5.50. The number of thiophene rings is 1. The molecule has 0 saturated carbocycles. The molecule has 0 amide bonds. The number of aromatic nitrogens is 2. The Morgan fingerprint density at radius 1 is 1.50 bits per heavy atom. The lowest BCUT2D eigenvalue weighted by Gasteiger charge is -1.97. The van der Waals surface area contributed by atoms with Crippen molar-refractivity contribution < 1.29 is 0 Å². The molecule has 0 aliphatic carbocycles. The summed E-state index contributed by atoms with van der Waals surface area (Å²) in [5.41, 5.74) is 2.54. The first-order valence-electron chi connectivity index (χ1n) is 4.55. The van der Waals surface area contributed by atoms with Gasteiger partial charge in [0.05, 0.1) is 12.7 Å². The van der Waals surface area contributed by atoms with Gasteiger partial charge in [-0.05, 0) is 29.4 Å². The molecule has 0 spiro atoms. The van der Waals surface area contributed by atoms with Crippen molar-refractivity contribution in [2.24, 2.45) is 0 Å². The normalized spacial score (nSPS) is 10.6. The van der Waals surface area contributed by atoms with Crippen molar-refractivity contribution in [1.29, 1.82) is 0 Å². The summed E-state index contributed by atoms with van der Waals surface area (Å²) in [5.74, 6) is 0. The van der Waals surface area contributed by atoms with Gasteiger partial charge in [0.1, 0.15) is 0 Å². The second kappa shape index (κ2) is 4.39. The molecule has 0 aliphatic heterocycles. The van der Waals surface area contributed by atoms with Crippen LogP contribution < -0.4 is 5.32 Å². The Morgan fingerprint density at radius 3 is 3.14 bits per heavy atom. The first kappa shape index (κ1) is 9.43. The van der Waals surface area contributed by atoms with E-state index >= 15 is 0 Å². The summed E-state index contributed by atoms with van der Waals surface area (Å²) < 4.78 is 1.97. The Balaban J connectivity index is 2.03. The van der Waals surface area contributed by atoms with Crippen molar-refractivity contribution in [1.82, 2.24) is 15.1 Å². The van der Waals surface area contributed by atoms with Crippen LogP contribution in [-0.4, -0.2) is 16.8 Å². The molecule has 74 valence electrons. The van der Waals surface area contributed by atoms with Crippen LogP contribution >= 0.6 is 11.3 Å². The zero-order valence-electron chi connectivity index (χ0n) is 8.10. The van der Waals surface area contributed by atoms with E-state index in [2.05, 4.69) is 33.4 Å². The zero-order valence-corrected chi connectivity index (χ0v) is 8.92. The highest BCUT2D eigenvalue weighted by Crippen LogP contribution is 2.08. The molecular formula is C10H13N3S. The third-order valence-electron chi connectivity index (χ3n) is 1.99. The summed E-state index contributed by atoms with van der Waals surface area (Å²) in [6, 6.07) is 2.13. The van der Waals surface area contributed by atoms with E-state index < -0.39 is 0 Å². The van der Waals surface area contributed by atoms with E-state index in [4.69, 9.17) is 0 Å². The molecule has 14 heavy (non-hydrogen) atoms. The van der Waals surface area contributed by atoms with Gasteiger partial charge in [-0.15, -0.1) is 0 Å². The molecule has 0 aliphatic rings. The van der Waals surface area contributed by atoms with Crippen molar-refractivity contribution in [3.8, 4) is 0 Å². The van der Waals surface area contributed by atoms with Gasteiger partial charge < -0.3 is 5.32 Å². The minimum absolute atomic E-state index is 0.868. The molecule has 2 aromatic rings. The molecule has 1 N–H and O–H groups in total. The topological polar surface area (TPSA) is 29.9 Å². The Bertz CT molecular complexity index is 378. The second-order valence-electron chi connectivity index (χ2n) is 3.21. The van der Waals surface area contributed by atoms with Gasteiger partial charge in [-0.25, -0.2) is 0 Å². The quantitative estimate of drug-likeness (QED) is 0.827. The predicted octanol–water partition coefficient (Wildman–Crippen LogP) is 1.71. The largest absolute Gasteiger partial charge is 0.316 e. The van der Waals surface area contributed by atoms with Gasteiger partial charge in [0.15, 0.2) is 0 Å². The molecule has 2 aromatic heterocycles. The highest BCUT2D eigenvalue weighted by Gasteiger charge is 1.98. The standard InChI is InChI=1S/C10H13N3S/c1-11-4-10-5-12-13(7-10)6-9-2-3-14-8-9/h2-3,5,7-8,11H,4,6H2,1H3. The Hall–Kier alpha value is -1.13. The van der Waals surface area contributed by atoms with Gasteiger partial charge in [-0.1, -0.05) is 0 Å². The average molecular weight is 207 g/mol.